The lowest BCUT2D eigenvalue weighted by Crippen LogP contribution is -2.16. The molecule has 7 heteroatoms. The maximum absolute atomic E-state index is 11.7. The molecule has 0 spiro atoms. The molecule has 0 bridgehead atoms. The van der Waals surface area contributed by atoms with Gasteiger partial charge in [-0.05, 0) is 45.0 Å². The van der Waals surface area contributed by atoms with Crippen LogP contribution in [0.3, 0.4) is 0 Å². The molecule has 0 saturated carbocycles. The van der Waals surface area contributed by atoms with Crippen molar-refractivity contribution in [3.63, 3.8) is 0 Å². The molecule has 23 heavy (non-hydrogen) atoms. The van der Waals surface area contributed by atoms with E-state index >= 15 is 0 Å². The van der Waals surface area contributed by atoms with Gasteiger partial charge in [-0.1, -0.05) is 0 Å². The lowest BCUT2D eigenvalue weighted by molar-refractivity contribution is -0.139. The number of ether oxygens (including phenoxy) is 2. The van der Waals surface area contributed by atoms with E-state index in [1.54, 1.807) is 45.0 Å². The van der Waals surface area contributed by atoms with Gasteiger partial charge in [-0.25, -0.2) is 4.79 Å². The largest absolute Gasteiger partial charge is 0.465 e. The van der Waals surface area contributed by atoms with E-state index in [1.807, 2.05) is 0 Å². The SMILES string of the molecule is CCOC(=O)CSCC(=O)Nc1ccc(C(=O)OC(C)C)cc1. The molecule has 126 valence electrons. The van der Waals surface area contributed by atoms with Crippen LogP contribution in [-0.4, -0.2) is 42.1 Å². The molecule has 0 saturated heterocycles. The molecule has 1 aromatic carbocycles. The van der Waals surface area contributed by atoms with Gasteiger partial charge in [0.1, 0.15) is 0 Å². The minimum absolute atomic E-state index is 0.140. The number of nitrogens with one attached hydrogen (secondary N) is 1. The predicted octanol–water partition coefficient (Wildman–Crippen LogP) is 2.49. The van der Waals surface area contributed by atoms with Crippen LogP contribution in [0.1, 0.15) is 31.1 Å². The highest BCUT2D eigenvalue weighted by Crippen LogP contribution is 2.12. The Morgan fingerprint density at radius 1 is 1.13 bits per heavy atom. The summed E-state index contributed by atoms with van der Waals surface area (Å²) in [5, 5.41) is 2.69. The van der Waals surface area contributed by atoms with Crippen LogP contribution in [0.2, 0.25) is 0 Å². The first kappa shape index (κ1) is 19.0. The number of esters is 2. The molecular weight excluding hydrogens is 318 g/mol. The van der Waals surface area contributed by atoms with Crippen LogP contribution < -0.4 is 5.32 Å². The fourth-order valence-corrected chi connectivity index (χ4v) is 2.21. The molecule has 0 aliphatic heterocycles. The summed E-state index contributed by atoms with van der Waals surface area (Å²) in [5.41, 5.74) is 1.00. The number of carbonyl (C=O) groups is 3. The summed E-state index contributed by atoms with van der Waals surface area (Å²) in [5.74, 6) is -0.671. The molecule has 1 amide bonds. The highest BCUT2D eigenvalue weighted by Gasteiger charge is 2.10. The van der Waals surface area contributed by atoms with Gasteiger partial charge in [0, 0.05) is 5.69 Å². The highest BCUT2D eigenvalue weighted by atomic mass is 32.2. The average molecular weight is 339 g/mol. The van der Waals surface area contributed by atoms with E-state index in [0.29, 0.717) is 17.9 Å². The van der Waals surface area contributed by atoms with Crippen LogP contribution in [0.15, 0.2) is 24.3 Å². The molecule has 0 aliphatic rings. The zero-order chi connectivity index (χ0) is 17.2. The number of hydrogen-bond donors (Lipinski definition) is 1. The fraction of sp³-hybridized carbons (Fsp3) is 0.438. The van der Waals surface area contributed by atoms with Crippen LogP contribution in [0.5, 0.6) is 0 Å². The number of carbonyl (C=O) groups excluding carboxylic acids is 3. The van der Waals surface area contributed by atoms with Crippen molar-refractivity contribution in [2.24, 2.45) is 0 Å². The van der Waals surface area contributed by atoms with E-state index < -0.39 is 5.97 Å². The summed E-state index contributed by atoms with van der Waals surface area (Å²) in [6.07, 6.45) is -0.182. The molecular formula is C16H21NO5S. The summed E-state index contributed by atoms with van der Waals surface area (Å²) in [6.45, 7) is 5.62. The molecule has 6 nitrogen and oxygen atoms in total. The number of amides is 1. The first-order valence-electron chi connectivity index (χ1n) is 7.26. The molecule has 0 aliphatic carbocycles. The first-order chi connectivity index (χ1) is 10.9. The Morgan fingerprint density at radius 2 is 1.78 bits per heavy atom. The van der Waals surface area contributed by atoms with Crippen molar-refractivity contribution in [1.82, 2.24) is 0 Å². The Hall–Kier alpha value is -2.02. The third-order valence-corrected chi connectivity index (χ3v) is 3.41. The van der Waals surface area contributed by atoms with Crippen molar-refractivity contribution >= 4 is 35.3 Å². The Morgan fingerprint density at radius 3 is 2.35 bits per heavy atom. The molecule has 0 aromatic heterocycles. The van der Waals surface area contributed by atoms with Gasteiger partial charge < -0.3 is 14.8 Å². The van der Waals surface area contributed by atoms with Crippen LogP contribution in [0.4, 0.5) is 5.69 Å². The van der Waals surface area contributed by atoms with Gasteiger partial charge in [-0.15, -0.1) is 11.8 Å². The molecule has 0 radical (unpaired) electrons. The molecule has 0 fully saturated rings. The summed E-state index contributed by atoms with van der Waals surface area (Å²) >= 11 is 1.18. The van der Waals surface area contributed by atoms with Crippen molar-refractivity contribution in [2.45, 2.75) is 26.9 Å². The fourth-order valence-electron chi connectivity index (χ4n) is 1.60. The topological polar surface area (TPSA) is 81.7 Å². The Labute approximate surface area is 139 Å². The molecule has 1 rings (SSSR count). The lowest BCUT2D eigenvalue weighted by Gasteiger charge is -2.09. The van der Waals surface area contributed by atoms with Crippen molar-refractivity contribution < 1.29 is 23.9 Å². The van der Waals surface area contributed by atoms with Gasteiger partial charge in [0.15, 0.2) is 0 Å². The highest BCUT2D eigenvalue weighted by molar-refractivity contribution is 8.00. The maximum Gasteiger partial charge on any atom is 0.338 e. The van der Waals surface area contributed by atoms with Gasteiger partial charge in [0.2, 0.25) is 5.91 Å². The molecule has 0 unspecified atom stereocenters. The standard InChI is InChI=1S/C16H21NO5S/c1-4-21-15(19)10-23-9-14(18)17-13-7-5-12(6-8-13)16(20)22-11(2)3/h5-8,11H,4,9-10H2,1-3H3,(H,17,18). The second-order valence-corrected chi connectivity index (χ2v) is 5.86. The zero-order valence-electron chi connectivity index (χ0n) is 13.5. The number of hydrogen-bond acceptors (Lipinski definition) is 6. The summed E-state index contributed by atoms with van der Waals surface area (Å²) < 4.78 is 9.85. The van der Waals surface area contributed by atoms with Crippen LogP contribution in [-0.2, 0) is 19.1 Å². The Balaban J connectivity index is 2.41. The van der Waals surface area contributed by atoms with Gasteiger partial charge in [0.25, 0.3) is 0 Å². The third-order valence-electron chi connectivity index (χ3n) is 2.51. The molecule has 1 aromatic rings. The third kappa shape index (κ3) is 7.69. The van der Waals surface area contributed by atoms with Crippen LogP contribution in [0.25, 0.3) is 0 Å². The molecule has 0 atom stereocenters. The average Bonchev–Trinajstić information content (AvgIpc) is 2.47. The Bertz CT molecular complexity index is 542. The number of rotatable bonds is 8. The predicted molar refractivity (Wildman–Crippen MR) is 89.6 cm³/mol. The smallest absolute Gasteiger partial charge is 0.338 e. The monoisotopic (exact) mass is 339 g/mol. The zero-order valence-corrected chi connectivity index (χ0v) is 14.3. The second kappa shape index (κ2) is 9.89. The van der Waals surface area contributed by atoms with Crippen LogP contribution in [0, 0.1) is 0 Å². The van der Waals surface area contributed by atoms with Crippen molar-refractivity contribution in [2.75, 3.05) is 23.4 Å². The summed E-state index contributed by atoms with van der Waals surface area (Å²) in [4.78, 5) is 34.6. The van der Waals surface area contributed by atoms with Gasteiger partial charge >= 0.3 is 11.9 Å². The summed E-state index contributed by atoms with van der Waals surface area (Å²) in [7, 11) is 0. The number of anilines is 1. The number of benzene rings is 1. The maximum atomic E-state index is 11.7. The van der Waals surface area contributed by atoms with Gasteiger partial charge in [0.05, 0.1) is 29.8 Å². The van der Waals surface area contributed by atoms with Crippen molar-refractivity contribution in [3.8, 4) is 0 Å². The van der Waals surface area contributed by atoms with E-state index in [2.05, 4.69) is 5.32 Å². The van der Waals surface area contributed by atoms with Crippen LogP contribution >= 0.6 is 11.8 Å². The normalized spacial score (nSPS) is 10.3. The van der Waals surface area contributed by atoms with E-state index in [-0.39, 0.29) is 29.5 Å². The second-order valence-electron chi connectivity index (χ2n) is 4.88. The first-order valence-corrected chi connectivity index (χ1v) is 8.42. The quantitative estimate of drug-likeness (QED) is 0.733. The summed E-state index contributed by atoms with van der Waals surface area (Å²) in [6, 6.07) is 6.44. The molecule has 0 heterocycles. The van der Waals surface area contributed by atoms with E-state index in [1.165, 1.54) is 11.8 Å². The van der Waals surface area contributed by atoms with E-state index in [9.17, 15) is 14.4 Å². The molecule has 1 N–H and O–H groups in total. The van der Waals surface area contributed by atoms with E-state index in [4.69, 9.17) is 9.47 Å². The minimum Gasteiger partial charge on any atom is -0.465 e. The van der Waals surface area contributed by atoms with Crippen molar-refractivity contribution in [3.05, 3.63) is 29.8 Å². The van der Waals surface area contributed by atoms with Crippen molar-refractivity contribution in [1.29, 1.82) is 0 Å². The number of thioether (sulfide) groups is 1. The minimum atomic E-state index is -0.400. The van der Waals surface area contributed by atoms with E-state index in [0.717, 1.165) is 0 Å². The Kier molecular flexibility index (Phi) is 8.18. The van der Waals surface area contributed by atoms with Gasteiger partial charge in [-0.3, -0.25) is 9.59 Å². The van der Waals surface area contributed by atoms with Gasteiger partial charge in [-0.2, -0.15) is 0 Å². The lowest BCUT2D eigenvalue weighted by atomic mass is 10.2.